The highest BCUT2D eigenvalue weighted by Crippen LogP contribution is 2.10. The van der Waals surface area contributed by atoms with Crippen LogP contribution in [0.3, 0.4) is 0 Å². The molecule has 2 amide bonds. The van der Waals surface area contributed by atoms with Gasteiger partial charge < -0.3 is 15.7 Å². The first-order valence-corrected chi connectivity index (χ1v) is 3.83. The summed E-state index contributed by atoms with van der Waals surface area (Å²) in [4.78, 5) is 22.8. The monoisotopic (exact) mass is 172 g/mol. The van der Waals surface area contributed by atoms with E-state index in [1.54, 1.807) is 0 Å². The lowest BCUT2D eigenvalue weighted by Gasteiger charge is -2.28. The van der Waals surface area contributed by atoms with Crippen LogP contribution in [-0.4, -0.2) is 41.0 Å². The summed E-state index contributed by atoms with van der Waals surface area (Å²) in [5.74, 6) is -0.656. The molecule has 0 aromatic heterocycles. The van der Waals surface area contributed by atoms with Crippen molar-refractivity contribution in [3.05, 3.63) is 0 Å². The van der Waals surface area contributed by atoms with Gasteiger partial charge in [-0.05, 0) is 6.42 Å². The van der Waals surface area contributed by atoms with Crippen LogP contribution in [0.25, 0.3) is 0 Å². The zero-order chi connectivity index (χ0) is 9.14. The number of primary amides is 1. The third-order valence-corrected chi connectivity index (χ3v) is 1.82. The Hall–Kier alpha value is -1.10. The number of nitrogens with zero attached hydrogens (tertiary/aromatic N) is 1. The maximum Gasteiger partial charge on any atom is 0.237 e. The molecule has 12 heavy (non-hydrogen) atoms. The maximum absolute atomic E-state index is 11.1. The van der Waals surface area contributed by atoms with Crippen LogP contribution in [-0.2, 0) is 9.59 Å². The molecule has 1 unspecified atom stereocenters. The third kappa shape index (κ3) is 2.20. The van der Waals surface area contributed by atoms with Crippen LogP contribution in [0.5, 0.6) is 0 Å². The molecule has 0 bridgehead atoms. The van der Waals surface area contributed by atoms with E-state index in [-0.39, 0.29) is 19.0 Å². The number of piperidine rings is 1. The number of hydrogen-bond donors (Lipinski definition) is 2. The van der Waals surface area contributed by atoms with Crippen LogP contribution < -0.4 is 5.73 Å². The molecule has 0 aliphatic carbocycles. The molecule has 1 atom stereocenters. The number of amides is 2. The summed E-state index contributed by atoms with van der Waals surface area (Å²) in [6.07, 6.45) is 0.268. The summed E-state index contributed by atoms with van der Waals surface area (Å²) in [5.41, 5.74) is 4.92. The largest absolute Gasteiger partial charge is 0.391 e. The van der Waals surface area contributed by atoms with Gasteiger partial charge >= 0.3 is 0 Å². The quantitative estimate of drug-likeness (QED) is 0.529. The molecule has 0 radical (unpaired) electrons. The number of nitrogens with two attached hydrogens (primary N) is 1. The second-order valence-electron chi connectivity index (χ2n) is 2.93. The Bertz CT molecular complexity index is 205. The van der Waals surface area contributed by atoms with Crippen molar-refractivity contribution in [1.29, 1.82) is 0 Å². The first-order valence-electron chi connectivity index (χ1n) is 3.83. The molecule has 0 spiro atoms. The Morgan fingerprint density at radius 3 is 3.00 bits per heavy atom. The Morgan fingerprint density at radius 2 is 2.42 bits per heavy atom. The second kappa shape index (κ2) is 3.53. The van der Waals surface area contributed by atoms with E-state index in [1.165, 1.54) is 4.90 Å². The van der Waals surface area contributed by atoms with E-state index in [4.69, 9.17) is 10.8 Å². The van der Waals surface area contributed by atoms with E-state index >= 15 is 0 Å². The molecule has 0 aromatic carbocycles. The van der Waals surface area contributed by atoms with Crippen molar-refractivity contribution in [1.82, 2.24) is 4.90 Å². The van der Waals surface area contributed by atoms with Gasteiger partial charge in [0.25, 0.3) is 0 Å². The zero-order valence-corrected chi connectivity index (χ0v) is 6.69. The molecule has 68 valence electrons. The Balaban J connectivity index is 2.49. The van der Waals surface area contributed by atoms with E-state index in [9.17, 15) is 9.59 Å². The van der Waals surface area contributed by atoms with Crippen molar-refractivity contribution in [2.45, 2.75) is 18.9 Å². The number of β-amino-alcohol motifs (C(OH)–C–C–N with tert-alkyl or cyclic N) is 1. The van der Waals surface area contributed by atoms with Gasteiger partial charge in [0.15, 0.2) is 0 Å². The summed E-state index contributed by atoms with van der Waals surface area (Å²) in [5, 5.41) is 9.16. The molecule has 1 aliphatic heterocycles. The van der Waals surface area contributed by atoms with Gasteiger partial charge in [-0.2, -0.15) is 0 Å². The van der Waals surface area contributed by atoms with Crippen LogP contribution in [0.1, 0.15) is 12.8 Å². The number of aliphatic hydroxyl groups excluding tert-OH is 1. The minimum Gasteiger partial charge on any atom is -0.391 e. The number of likely N-dealkylation sites (tertiary alicyclic amines) is 1. The van der Waals surface area contributed by atoms with Crippen LogP contribution in [0, 0.1) is 0 Å². The Labute approximate surface area is 70.1 Å². The van der Waals surface area contributed by atoms with E-state index in [1.807, 2.05) is 0 Å². The summed E-state index contributed by atoms with van der Waals surface area (Å²) >= 11 is 0. The first-order chi connectivity index (χ1) is 5.59. The van der Waals surface area contributed by atoms with E-state index < -0.39 is 12.0 Å². The molecule has 3 N–H and O–H groups in total. The van der Waals surface area contributed by atoms with Gasteiger partial charge in [-0.15, -0.1) is 0 Å². The molecular formula is C7H12N2O3. The SMILES string of the molecule is NC(=O)CN1CC(O)CCC1=O. The molecule has 0 saturated carbocycles. The molecule has 1 fully saturated rings. The number of carbonyl (C=O) groups excluding carboxylic acids is 2. The van der Waals surface area contributed by atoms with Crippen LogP contribution in [0.4, 0.5) is 0 Å². The average molecular weight is 172 g/mol. The topological polar surface area (TPSA) is 83.6 Å². The summed E-state index contributed by atoms with van der Waals surface area (Å²) in [7, 11) is 0. The van der Waals surface area contributed by atoms with E-state index in [0.717, 1.165) is 0 Å². The highest BCUT2D eigenvalue weighted by atomic mass is 16.3. The number of aliphatic hydroxyl groups is 1. The highest BCUT2D eigenvalue weighted by Gasteiger charge is 2.24. The van der Waals surface area contributed by atoms with Crippen LogP contribution in [0.15, 0.2) is 0 Å². The van der Waals surface area contributed by atoms with Crippen LogP contribution in [0.2, 0.25) is 0 Å². The summed E-state index contributed by atoms with van der Waals surface area (Å²) in [6.45, 7) is 0.137. The fraction of sp³-hybridized carbons (Fsp3) is 0.714. The smallest absolute Gasteiger partial charge is 0.237 e. The minimum atomic E-state index is -0.544. The lowest BCUT2D eigenvalue weighted by Crippen LogP contribution is -2.46. The lowest BCUT2D eigenvalue weighted by molar-refractivity contribution is -0.140. The van der Waals surface area contributed by atoms with Gasteiger partial charge in [-0.25, -0.2) is 0 Å². The molecule has 1 aliphatic rings. The average Bonchev–Trinajstić information content (AvgIpc) is 1.96. The summed E-state index contributed by atoms with van der Waals surface area (Å²) < 4.78 is 0. The van der Waals surface area contributed by atoms with E-state index in [2.05, 4.69) is 0 Å². The molecule has 5 heteroatoms. The van der Waals surface area contributed by atoms with Gasteiger partial charge in [0.1, 0.15) is 0 Å². The zero-order valence-electron chi connectivity index (χ0n) is 6.69. The van der Waals surface area contributed by atoms with Crippen LogP contribution >= 0.6 is 0 Å². The van der Waals surface area contributed by atoms with Crippen molar-refractivity contribution < 1.29 is 14.7 Å². The minimum absolute atomic E-state index is 0.0874. The van der Waals surface area contributed by atoms with Crippen molar-refractivity contribution in [2.24, 2.45) is 5.73 Å². The molecule has 1 heterocycles. The number of carbonyl (C=O) groups is 2. The highest BCUT2D eigenvalue weighted by molar-refractivity contribution is 5.84. The second-order valence-corrected chi connectivity index (χ2v) is 2.93. The first kappa shape index (κ1) is 8.99. The standard InChI is InChI=1S/C7H12N2O3/c8-6(11)4-9-3-5(10)1-2-7(9)12/h5,10H,1-4H2,(H2,8,11). The van der Waals surface area contributed by atoms with Crippen molar-refractivity contribution in [3.8, 4) is 0 Å². The van der Waals surface area contributed by atoms with Crippen molar-refractivity contribution >= 4 is 11.8 Å². The molecule has 5 nitrogen and oxygen atoms in total. The van der Waals surface area contributed by atoms with Crippen molar-refractivity contribution in [2.75, 3.05) is 13.1 Å². The molecule has 0 aromatic rings. The number of hydrogen-bond acceptors (Lipinski definition) is 3. The molecule has 1 saturated heterocycles. The maximum atomic E-state index is 11.1. The summed E-state index contributed by atoms with van der Waals surface area (Å²) in [6, 6.07) is 0. The van der Waals surface area contributed by atoms with Crippen molar-refractivity contribution in [3.63, 3.8) is 0 Å². The third-order valence-electron chi connectivity index (χ3n) is 1.82. The van der Waals surface area contributed by atoms with Gasteiger partial charge in [-0.1, -0.05) is 0 Å². The predicted octanol–water partition coefficient (Wildman–Crippen LogP) is -1.54. The Kier molecular flexibility index (Phi) is 2.65. The van der Waals surface area contributed by atoms with Gasteiger partial charge in [0.05, 0.1) is 12.6 Å². The predicted molar refractivity (Wildman–Crippen MR) is 41.0 cm³/mol. The fourth-order valence-corrected chi connectivity index (χ4v) is 1.24. The van der Waals surface area contributed by atoms with Gasteiger partial charge in [0, 0.05) is 13.0 Å². The lowest BCUT2D eigenvalue weighted by atomic mass is 10.1. The molecular weight excluding hydrogens is 160 g/mol. The van der Waals surface area contributed by atoms with E-state index in [0.29, 0.717) is 12.8 Å². The normalized spacial score (nSPS) is 24.2. The van der Waals surface area contributed by atoms with Gasteiger partial charge in [0.2, 0.25) is 11.8 Å². The molecule has 1 rings (SSSR count). The Morgan fingerprint density at radius 1 is 1.75 bits per heavy atom. The fourth-order valence-electron chi connectivity index (χ4n) is 1.24. The number of rotatable bonds is 2. The van der Waals surface area contributed by atoms with Gasteiger partial charge in [-0.3, -0.25) is 9.59 Å².